The number of carboxylic acid groups (broad SMARTS) is 1. The lowest BCUT2D eigenvalue weighted by Gasteiger charge is -2.40. The highest BCUT2D eigenvalue weighted by Crippen LogP contribution is 2.50. The largest absolute Gasteiger partial charge is 0.479 e. The second-order valence-corrected chi connectivity index (χ2v) is 7.05. The van der Waals surface area contributed by atoms with E-state index < -0.39 is 11.5 Å². The van der Waals surface area contributed by atoms with Gasteiger partial charge in [-0.15, -0.1) is 0 Å². The van der Waals surface area contributed by atoms with Gasteiger partial charge in [0.15, 0.2) is 0 Å². The van der Waals surface area contributed by atoms with Gasteiger partial charge in [0.1, 0.15) is 5.54 Å². The van der Waals surface area contributed by atoms with Crippen molar-refractivity contribution in [3.8, 4) is 0 Å². The second kappa shape index (κ2) is 5.72. The molecule has 130 valence electrons. The van der Waals surface area contributed by atoms with Crippen LogP contribution in [-0.4, -0.2) is 44.5 Å². The van der Waals surface area contributed by atoms with Gasteiger partial charge in [-0.2, -0.15) is 0 Å². The maximum Gasteiger partial charge on any atom is 0.330 e. The van der Waals surface area contributed by atoms with E-state index in [4.69, 9.17) is 0 Å². The van der Waals surface area contributed by atoms with Gasteiger partial charge in [-0.3, -0.25) is 4.79 Å². The van der Waals surface area contributed by atoms with Crippen molar-refractivity contribution >= 4 is 11.9 Å². The number of nitrogens with zero attached hydrogens (tertiary/aromatic N) is 3. The first kappa shape index (κ1) is 15.9. The van der Waals surface area contributed by atoms with Gasteiger partial charge in [0.25, 0.3) is 0 Å². The first-order valence-electron chi connectivity index (χ1n) is 8.65. The molecular weight excluding hydrogens is 318 g/mol. The minimum absolute atomic E-state index is 0.142. The van der Waals surface area contributed by atoms with Gasteiger partial charge in [0.2, 0.25) is 5.91 Å². The summed E-state index contributed by atoms with van der Waals surface area (Å²) < 4.78 is 1.67. The minimum atomic E-state index is -1.00. The first-order chi connectivity index (χ1) is 12.1. The molecule has 0 spiro atoms. The maximum atomic E-state index is 13.1. The molecular formula is C19H21N3O3. The van der Waals surface area contributed by atoms with E-state index in [2.05, 4.69) is 4.98 Å². The van der Waals surface area contributed by atoms with Crippen molar-refractivity contribution in [2.24, 2.45) is 0 Å². The number of aliphatic carboxylic acids is 1. The van der Waals surface area contributed by atoms with E-state index in [0.29, 0.717) is 25.9 Å². The van der Waals surface area contributed by atoms with Crippen LogP contribution in [0.5, 0.6) is 0 Å². The Morgan fingerprint density at radius 1 is 1.04 bits per heavy atom. The molecule has 25 heavy (non-hydrogen) atoms. The third-order valence-electron chi connectivity index (χ3n) is 5.76. The Kier molecular flexibility index (Phi) is 3.63. The van der Waals surface area contributed by atoms with Crippen LogP contribution in [0.2, 0.25) is 0 Å². The standard InChI is InChI=1S/C19H21N3O3/c23-16(18(6-7-18)15-4-2-1-3-5-15)21-11-8-19(9-12-21,17(24)25)22-13-10-20-14-22/h1-5,10,13-14H,6-9,11-12H2,(H,24,25). The highest BCUT2D eigenvalue weighted by atomic mass is 16.4. The summed E-state index contributed by atoms with van der Waals surface area (Å²) in [4.78, 5) is 30.9. The predicted octanol–water partition coefficient (Wildman–Crippen LogP) is 2.02. The molecule has 1 aromatic heterocycles. The van der Waals surface area contributed by atoms with Crippen molar-refractivity contribution in [1.29, 1.82) is 0 Å². The van der Waals surface area contributed by atoms with Gasteiger partial charge in [-0.1, -0.05) is 30.3 Å². The number of rotatable bonds is 4. The molecule has 0 bridgehead atoms. The molecule has 1 saturated heterocycles. The SMILES string of the molecule is O=C(N1CCC(C(=O)O)(n2ccnc2)CC1)C1(c2ccccc2)CC1. The Bertz CT molecular complexity index is 774. The Hall–Kier alpha value is -2.63. The number of hydrogen-bond acceptors (Lipinski definition) is 3. The zero-order valence-electron chi connectivity index (χ0n) is 14.0. The molecule has 0 atom stereocenters. The number of imidazole rings is 1. The maximum absolute atomic E-state index is 13.1. The van der Waals surface area contributed by atoms with E-state index in [9.17, 15) is 14.7 Å². The van der Waals surface area contributed by atoms with Crippen LogP contribution in [0.3, 0.4) is 0 Å². The van der Waals surface area contributed by atoms with Gasteiger partial charge < -0.3 is 14.6 Å². The van der Waals surface area contributed by atoms with Crippen LogP contribution in [0.15, 0.2) is 49.1 Å². The molecule has 2 heterocycles. The predicted molar refractivity (Wildman–Crippen MR) is 91.0 cm³/mol. The molecule has 2 aromatic rings. The first-order valence-corrected chi connectivity index (χ1v) is 8.65. The molecule has 6 heteroatoms. The number of hydrogen-bond donors (Lipinski definition) is 1. The Morgan fingerprint density at radius 3 is 2.24 bits per heavy atom. The summed E-state index contributed by atoms with van der Waals surface area (Å²) in [5, 5.41) is 9.78. The number of carbonyl (C=O) groups excluding carboxylic acids is 1. The summed E-state index contributed by atoms with van der Waals surface area (Å²) in [6, 6.07) is 9.92. The summed E-state index contributed by atoms with van der Waals surface area (Å²) >= 11 is 0. The fourth-order valence-electron chi connectivity index (χ4n) is 3.99. The van der Waals surface area contributed by atoms with E-state index >= 15 is 0 Å². The van der Waals surface area contributed by atoms with Crippen LogP contribution in [0.4, 0.5) is 0 Å². The average molecular weight is 339 g/mol. The molecule has 1 saturated carbocycles. The Labute approximate surface area is 146 Å². The van der Waals surface area contributed by atoms with Crippen molar-refractivity contribution in [2.75, 3.05) is 13.1 Å². The van der Waals surface area contributed by atoms with Crippen LogP contribution in [-0.2, 0) is 20.5 Å². The summed E-state index contributed by atoms with van der Waals surface area (Å²) in [6.07, 6.45) is 7.38. The second-order valence-electron chi connectivity index (χ2n) is 7.05. The zero-order chi connectivity index (χ0) is 17.5. The van der Waals surface area contributed by atoms with Gasteiger partial charge in [0.05, 0.1) is 11.7 Å². The number of benzene rings is 1. The lowest BCUT2D eigenvalue weighted by molar-refractivity contribution is -0.153. The van der Waals surface area contributed by atoms with Crippen LogP contribution in [0.25, 0.3) is 0 Å². The number of likely N-dealkylation sites (tertiary alicyclic amines) is 1. The Balaban J connectivity index is 1.52. The van der Waals surface area contributed by atoms with Crippen molar-refractivity contribution in [2.45, 2.75) is 36.6 Å². The van der Waals surface area contributed by atoms with E-state index in [0.717, 1.165) is 18.4 Å². The summed E-state index contributed by atoms with van der Waals surface area (Å²) in [5.74, 6) is -0.717. The summed E-state index contributed by atoms with van der Waals surface area (Å²) in [5.41, 5.74) is -0.319. The monoisotopic (exact) mass is 339 g/mol. The Morgan fingerprint density at radius 2 is 1.72 bits per heavy atom. The van der Waals surface area contributed by atoms with Gasteiger partial charge >= 0.3 is 5.97 Å². The quantitative estimate of drug-likeness (QED) is 0.925. The molecule has 0 radical (unpaired) electrons. The van der Waals surface area contributed by atoms with Crippen molar-refractivity contribution in [1.82, 2.24) is 14.5 Å². The van der Waals surface area contributed by atoms with E-state index in [1.54, 1.807) is 23.3 Å². The topological polar surface area (TPSA) is 75.4 Å². The molecule has 1 N–H and O–H groups in total. The molecule has 0 unspecified atom stereocenters. The molecule has 1 amide bonds. The molecule has 4 rings (SSSR count). The van der Waals surface area contributed by atoms with Crippen LogP contribution >= 0.6 is 0 Å². The highest BCUT2D eigenvalue weighted by Gasteiger charge is 2.54. The van der Waals surface area contributed by atoms with Crippen molar-refractivity contribution < 1.29 is 14.7 Å². The number of aromatic nitrogens is 2. The molecule has 2 aliphatic rings. The van der Waals surface area contributed by atoms with Crippen LogP contribution in [0.1, 0.15) is 31.2 Å². The summed E-state index contributed by atoms with van der Waals surface area (Å²) in [7, 11) is 0. The average Bonchev–Trinajstić information content (AvgIpc) is 3.28. The smallest absolute Gasteiger partial charge is 0.330 e. The third-order valence-corrected chi connectivity index (χ3v) is 5.76. The zero-order valence-corrected chi connectivity index (χ0v) is 14.0. The van der Waals surface area contributed by atoms with Crippen LogP contribution in [0, 0.1) is 0 Å². The molecule has 6 nitrogen and oxygen atoms in total. The lowest BCUT2D eigenvalue weighted by Crippen LogP contribution is -2.53. The number of amides is 1. The summed E-state index contributed by atoms with van der Waals surface area (Å²) in [6.45, 7) is 0.912. The van der Waals surface area contributed by atoms with Crippen LogP contribution < -0.4 is 0 Å². The fraction of sp³-hybridized carbons (Fsp3) is 0.421. The third kappa shape index (κ3) is 2.44. The van der Waals surface area contributed by atoms with Gasteiger partial charge in [-0.05, 0) is 31.2 Å². The fourth-order valence-corrected chi connectivity index (χ4v) is 3.99. The lowest BCUT2D eigenvalue weighted by atomic mass is 9.85. The minimum Gasteiger partial charge on any atom is -0.479 e. The number of piperidine rings is 1. The van der Waals surface area contributed by atoms with Crippen molar-refractivity contribution in [3.63, 3.8) is 0 Å². The van der Waals surface area contributed by atoms with E-state index in [1.165, 1.54) is 0 Å². The normalized spacial score (nSPS) is 20.9. The number of carbonyl (C=O) groups is 2. The number of carboxylic acids is 1. The van der Waals surface area contributed by atoms with E-state index in [-0.39, 0.29) is 11.3 Å². The molecule has 1 aliphatic heterocycles. The molecule has 2 fully saturated rings. The van der Waals surface area contributed by atoms with Gasteiger partial charge in [0, 0.05) is 25.5 Å². The molecule has 1 aliphatic carbocycles. The molecule has 1 aromatic carbocycles. The van der Waals surface area contributed by atoms with Crippen molar-refractivity contribution in [3.05, 3.63) is 54.6 Å². The highest BCUT2D eigenvalue weighted by molar-refractivity contribution is 5.91. The van der Waals surface area contributed by atoms with Gasteiger partial charge in [-0.25, -0.2) is 9.78 Å². The van der Waals surface area contributed by atoms with E-state index in [1.807, 2.05) is 35.2 Å².